The Bertz CT molecular complexity index is 603. The molecule has 0 bridgehead atoms. The first kappa shape index (κ1) is 40.9. The number of carbonyl (C=O) groups excluding carboxylic acids is 1. The smallest absolute Gasteiger partial charge is 0.220 e. The summed E-state index contributed by atoms with van der Waals surface area (Å²) in [6.07, 6.45) is 42.6. The van der Waals surface area contributed by atoms with E-state index in [1.807, 2.05) is 6.08 Å². The summed E-state index contributed by atoms with van der Waals surface area (Å²) in [6, 6.07) is -0.632. The van der Waals surface area contributed by atoms with Crippen LogP contribution in [0.4, 0.5) is 0 Å². The number of aliphatic hydroxyl groups is 2. The monoisotopic (exact) mass is 592 g/mol. The Morgan fingerprint density at radius 1 is 0.548 bits per heavy atom. The minimum atomic E-state index is -0.855. The van der Waals surface area contributed by atoms with Gasteiger partial charge in [-0.3, -0.25) is 4.79 Å². The molecule has 0 rings (SSSR count). The van der Waals surface area contributed by atoms with Gasteiger partial charge in [-0.25, -0.2) is 0 Å². The Morgan fingerprint density at radius 2 is 0.929 bits per heavy atom. The van der Waals surface area contributed by atoms with Crippen LogP contribution in [0.1, 0.15) is 194 Å². The first-order chi connectivity index (χ1) is 20.7. The summed E-state index contributed by atoms with van der Waals surface area (Å²) in [7, 11) is 0. The standard InChI is InChI=1S/C38H73NO3/c1-3-5-7-9-11-13-15-17-18-19-20-22-24-26-28-30-32-34-38(42)39-36(35-40)37(41)33-31-29-27-25-23-21-16-14-12-10-8-6-4-2/h23,25,31,33,36-37,40-41H,3-22,24,26-30,32,34-35H2,1-2H3,(H,39,42)/b25-23+,33-31+/t36-,37+/m0/s1. The molecular weight excluding hydrogens is 518 g/mol. The van der Waals surface area contributed by atoms with E-state index < -0.39 is 12.1 Å². The molecule has 4 heteroatoms. The Labute approximate surface area is 262 Å². The molecule has 0 saturated carbocycles. The van der Waals surface area contributed by atoms with Crippen molar-refractivity contribution in [2.45, 2.75) is 206 Å². The maximum atomic E-state index is 12.3. The van der Waals surface area contributed by atoms with Crippen LogP contribution in [-0.4, -0.2) is 34.9 Å². The zero-order chi connectivity index (χ0) is 30.8. The van der Waals surface area contributed by atoms with Gasteiger partial charge in [0.1, 0.15) is 0 Å². The molecule has 0 spiro atoms. The average molecular weight is 592 g/mol. The topological polar surface area (TPSA) is 69.6 Å². The van der Waals surface area contributed by atoms with Crippen LogP contribution < -0.4 is 5.32 Å². The van der Waals surface area contributed by atoms with Crippen molar-refractivity contribution >= 4 is 5.91 Å². The fourth-order valence-corrected chi connectivity index (χ4v) is 5.55. The third-order valence-corrected chi connectivity index (χ3v) is 8.44. The number of allylic oxidation sites excluding steroid dienone is 3. The zero-order valence-corrected chi connectivity index (χ0v) is 28.3. The van der Waals surface area contributed by atoms with E-state index in [9.17, 15) is 15.0 Å². The highest BCUT2D eigenvalue weighted by atomic mass is 16.3. The van der Waals surface area contributed by atoms with Crippen LogP contribution in [0.2, 0.25) is 0 Å². The van der Waals surface area contributed by atoms with Crippen molar-refractivity contribution in [2.75, 3.05) is 6.61 Å². The first-order valence-electron chi connectivity index (χ1n) is 18.6. The van der Waals surface area contributed by atoms with Gasteiger partial charge < -0.3 is 15.5 Å². The molecule has 0 saturated heterocycles. The molecule has 0 aliphatic rings. The molecule has 3 N–H and O–H groups in total. The maximum Gasteiger partial charge on any atom is 0.220 e. The van der Waals surface area contributed by atoms with Crippen molar-refractivity contribution in [3.8, 4) is 0 Å². The summed E-state index contributed by atoms with van der Waals surface area (Å²) in [4.78, 5) is 12.3. The SMILES string of the molecule is CCCCCCCCC/C=C/CC/C=C/[C@@H](O)[C@H](CO)NC(=O)CCCCCCCCCCCCCCCCCCC. The molecule has 0 aromatic heterocycles. The number of aliphatic hydroxyl groups excluding tert-OH is 2. The van der Waals surface area contributed by atoms with Crippen LogP contribution in [0.5, 0.6) is 0 Å². The summed E-state index contributed by atoms with van der Waals surface area (Å²) >= 11 is 0. The summed E-state index contributed by atoms with van der Waals surface area (Å²) < 4.78 is 0. The zero-order valence-electron chi connectivity index (χ0n) is 28.3. The highest BCUT2D eigenvalue weighted by Gasteiger charge is 2.17. The summed E-state index contributed by atoms with van der Waals surface area (Å²) in [6.45, 7) is 4.28. The average Bonchev–Trinajstić information content (AvgIpc) is 2.99. The van der Waals surface area contributed by atoms with Gasteiger partial charge in [-0.2, -0.15) is 0 Å². The van der Waals surface area contributed by atoms with Gasteiger partial charge in [0.25, 0.3) is 0 Å². The number of hydrogen-bond donors (Lipinski definition) is 3. The molecule has 0 aromatic carbocycles. The Hall–Kier alpha value is -1.13. The summed E-state index contributed by atoms with van der Waals surface area (Å²) in [5.41, 5.74) is 0. The van der Waals surface area contributed by atoms with Gasteiger partial charge in [-0.15, -0.1) is 0 Å². The largest absolute Gasteiger partial charge is 0.394 e. The minimum Gasteiger partial charge on any atom is -0.394 e. The maximum absolute atomic E-state index is 12.3. The second-order valence-electron chi connectivity index (χ2n) is 12.6. The third-order valence-electron chi connectivity index (χ3n) is 8.44. The van der Waals surface area contributed by atoms with E-state index in [1.165, 1.54) is 141 Å². The molecule has 0 aromatic rings. The van der Waals surface area contributed by atoms with Crippen LogP contribution >= 0.6 is 0 Å². The van der Waals surface area contributed by atoms with Crippen molar-refractivity contribution in [3.63, 3.8) is 0 Å². The molecule has 0 radical (unpaired) electrons. The third kappa shape index (κ3) is 30.3. The van der Waals surface area contributed by atoms with Gasteiger partial charge in [-0.1, -0.05) is 179 Å². The molecule has 0 aliphatic carbocycles. The predicted molar refractivity (Wildman–Crippen MR) is 184 cm³/mol. The Kier molecular flexibility index (Phi) is 33.4. The number of hydrogen-bond acceptors (Lipinski definition) is 3. The minimum absolute atomic E-state index is 0.0734. The number of amides is 1. The quantitative estimate of drug-likeness (QED) is 0.0525. The lowest BCUT2D eigenvalue weighted by Gasteiger charge is -2.19. The number of carbonyl (C=O) groups is 1. The molecule has 1 amide bonds. The number of unbranched alkanes of at least 4 members (excludes halogenated alkanes) is 24. The van der Waals surface area contributed by atoms with Crippen molar-refractivity contribution < 1.29 is 15.0 Å². The number of rotatable bonds is 33. The van der Waals surface area contributed by atoms with Gasteiger partial charge >= 0.3 is 0 Å². The van der Waals surface area contributed by atoms with E-state index in [-0.39, 0.29) is 12.5 Å². The van der Waals surface area contributed by atoms with E-state index in [0.29, 0.717) is 6.42 Å². The van der Waals surface area contributed by atoms with Crippen molar-refractivity contribution in [1.82, 2.24) is 5.32 Å². The van der Waals surface area contributed by atoms with E-state index in [0.717, 1.165) is 32.1 Å². The Balaban J connectivity index is 3.62. The fourth-order valence-electron chi connectivity index (χ4n) is 5.55. The highest BCUT2D eigenvalue weighted by molar-refractivity contribution is 5.76. The molecule has 2 atom stereocenters. The molecule has 0 heterocycles. The lowest BCUT2D eigenvalue weighted by Crippen LogP contribution is -2.45. The molecule has 42 heavy (non-hydrogen) atoms. The van der Waals surface area contributed by atoms with Gasteiger partial charge in [0, 0.05) is 6.42 Å². The van der Waals surface area contributed by atoms with Crippen LogP contribution in [0, 0.1) is 0 Å². The second-order valence-corrected chi connectivity index (χ2v) is 12.6. The molecule has 248 valence electrons. The molecule has 0 fully saturated rings. The van der Waals surface area contributed by atoms with E-state index in [2.05, 4.69) is 31.3 Å². The second kappa shape index (κ2) is 34.4. The van der Waals surface area contributed by atoms with E-state index >= 15 is 0 Å². The van der Waals surface area contributed by atoms with Gasteiger partial charge in [0.15, 0.2) is 0 Å². The molecule has 0 unspecified atom stereocenters. The van der Waals surface area contributed by atoms with Crippen LogP contribution in [0.25, 0.3) is 0 Å². The normalized spacial score (nSPS) is 13.3. The fraction of sp³-hybridized carbons (Fsp3) is 0.868. The van der Waals surface area contributed by atoms with Crippen LogP contribution in [0.15, 0.2) is 24.3 Å². The van der Waals surface area contributed by atoms with Crippen molar-refractivity contribution in [1.29, 1.82) is 0 Å². The van der Waals surface area contributed by atoms with E-state index in [4.69, 9.17) is 0 Å². The van der Waals surface area contributed by atoms with Crippen LogP contribution in [0.3, 0.4) is 0 Å². The molecule has 4 nitrogen and oxygen atoms in total. The lowest BCUT2D eigenvalue weighted by atomic mass is 10.0. The van der Waals surface area contributed by atoms with Gasteiger partial charge in [0.2, 0.25) is 5.91 Å². The summed E-state index contributed by atoms with van der Waals surface area (Å²) in [5.74, 6) is -0.0734. The van der Waals surface area contributed by atoms with E-state index in [1.54, 1.807) is 6.08 Å². The van der Waals surface area contributed by atoms with Gasteiger partial charge in [-0.05, 0) is 32.1 Å². The van der Waals surface area contributed by atoms with Crippen LogP contribution in [-0.2, 0) is 4.79 Å². The Morgan fingerprint density at radius 3 is 1.38 bits per heavy atom. The van der Waals surface area contributed by atoms with Crippen molar-refractivity contribution in [2.24, 2.45) is 0 Å². The highest BCUT2D eigenvalue weighted by Crippen LogP contribution is 2.14. The first-order valence-corrected chi connectivity index (χ1v) is 18.6. The lowest BCUT2D eigenvalue weighted by molar-refractivity contribution is -0.123. The summed E-state index contributed by atoms with van der Waals surface area (Å²) in [5, 5.41) is 22.8. The number of nitrogens with one attached hydrogen (secondary N) is 1. The molecule has 0 aliphatic heterocycles. The van der Waals surface area contributed by atoms with Gasteiger partial charge in [0.05, 0.1) is 18.8 Å². The molecular formula is C38H73NO3. The predicted octanol–water partition coefficient (Wildman–Crippen LogP) is 10.9. The van der Waals surface area contributed by atoms with Crippen molar-refractivity contribution in [3.05, 3.63) is 24.3 Å².